The molecular formula is C15H13N3O. The van der Waals surface area contributed by atoms with Gasteiger partial charge >= 0.3 is 6.03 Å². The quantitative estimate of drug-likeness (QED) is 0.805. The fraction of sp³-hybridized carbons (Fsp3) is 0.0667. The second-order valence-electron chi connectivity index (χ2n) is 4.10. The molecule has 4 nitrogen and oxygen atoms in total. The molecule has 0 radical (unpaired) electrons. The van der Waals surface area contributed by atoms with Crippen LogP contribution in [0, 0.1) is 19.3 Å². The molecule has 0 aliphatic carbocycles. The van der Waals surface area contributed by atoms with Crippen molar-refractivity contribution in [2.45, 2.75) is 6.92 Å². The first kappa shape index (κ1) is 12.7. The number of aromatic nitrogens is 1. The predicted molar refractivity (Wildman–Crippen MR) is 75.6 cm³/mol. The number of primary amides is 1. The molecule has 1 heterocycles. The number of hydrogen-bond acceptors (Lipinski definition) is 2. The predicted octanol–water partition coefficient (Wildman–Crippen LogP) is 2.53. The summed E-state index contributed by atoms with van der Waals surface area (Å²) in [6, 6.07) is 8.66. The standard InChI is InChI=1S/C15H13N3O/c1-3-12-7-5-11(9-17-12)14-8-13(18-15(16)19)6-4-10(14)2/h1,4-9H,2H3,(H3,16,18,19). The molecular weight excluding hydrogens is 238 g/mol. The lowest BCUT2D eigenvalue weighted by atomic mass is 10.0. The van der Waals surface area contributed by atoms with Crippen molar-refractivity contribution < 1.29 is 4.79 Å². The second kappa shape index (κ2) is 5.23. The monoisotopic (exact) mass is 251 g/mol. The number of pyridine rings is 1. The van der Waals surface area contributed by atoms with E-state index in [4.69, 9.17) is 12.2 Å². The fourth-order valence-corrected chi connectivity index (χ4v) is 1.79. The summed E-state index contributed by atoms with van der Waals surface area (Å²) in [5, 5.41) is 2.55. The molecule has 1 aromatic carbocycles. The third kappa shape index (κ3) is 2.90. The van der Waals surface area contributed by atoms with Crippen LogP contribution in [0.15, 0.2) is 36.5 Å². The van der Waals surface area contributed by atoms with E-state index in [1.165, 1.54) is 0 Å². The lowest BCUT2D eigenvalue weighted by molar-refractivity contribution is 0.259. The van der Waals surface area contributed by atoms with Gasteiger partial charge < -0.3 is 11.1 Å². The van der Waals surface area contributed by atoms with Crippen LogP contribution in [0.1, 0.15) is 11.3 Å². The van der Waals surface area contributed by atoms with E-state index >= 15 is 0 Å². The van der Waals surface area contributed by atoms with E-state index < -0.39 is 6.03 Å². The molecule has 0 fully saturated rings. The van der Waals surface area contributed by atoms with Crippen LogP contribution < -0.4 is 11.1 Å². The van der Waals surface area contributed by atoms with Gasteiger partial charge in [-0.3, -0.25) is 0 Å². The van der Waals surface area contributed by atoms with E-state index in [9.17, 15) is 4.79 Å². The van der Waals surface area contributed by atoms with E-state index in [1.54, 1.807) is 18.3 Å². The number of nitrogens with one attached hydrogen (secondary N) is 1. The van der Waals surface area contributed by atoms with Gasteiger partial charge in [0.1, 0.15) is 5.69 Å². The maximum atomic E-state index is 10.9. The lowest BCUT2D eigenvalue weighted by Gasteiger charge is -2.09. The highest BCUT2D eigenvalue weighted by Gasteiger charge is 2.05. The zero-order valence-corrected chi connectivity index (χ0v) is 10.5. The van der Waals surface area contributed by atoms with Crippen molar-refractivity contribution in [3.05, 3.63) is 47.8 Å². The number of carbonyl (C=O) groups excluding carboxylic acids is 1. The Balaban J connectivity index is 2.42. The molecule has 0 aliphatic rings. The third-order valence-corrected chi connectivity index (χ3v) is 2.73. The fourth-order valence-electron chi connectivity index (χ4n) is 1.79. The minimum Gasteiger partial charge on any atom is -0.351 e. The van der Waals surface area contributed by atoms with Gasteiger partial charge in [-0.2, -0.15) is 0 Å². The second-order valence-corrected chi connectivity index (χ2v) is 4.10. The first-order valence-electron chi connectivity index (χ1n) is 5.70. The molecule has 0 bridgehead atoms. The molecule has 0 atom stereocenters. The molecule has 0 spiro atoms. The summed E-state index contributed by atoms with van der Waals surface area (Å²) < 4.78 is 0. The zero-order valence-electron chi connectivity index (χ0n) is 10.5. The van der Waals surface area contributed by atoms with Crippen LogP contribution in [0.3, 0.4) is 0 Å². The number of benzene rings is 1. The van der Waals surface area contributed by atoms with Crippen LogP contribution in [0.5, 0.6) is 0 Å². The van der Waals surface area contributed by atoms with Crippen LogP contribution in [0.2, 0.25) is 0 Å². The summed E-state index contributed by atoms with van der Waals surface area (Å²) in [6.45, 7) is 1.98. The van der Waals surface area contributed by atoms with E-state index in [1.807, 2.05) is 25.1 Å². The Morgan fingerprint density at radius 1 is 1.37 bits per heavy atom. The number of nitrogens with two attached hydrogens (primary N) is 1. The number of amides is 2. The molecule has 1 aromatic heterocycles. The van der Waals surface area contributed by atoms with Crippen LogP contribution >= 0.6 is 0 Å². The van der Waals surface area contributed by atoms with Crippen molar-refractivity contribution in [3.63, 3.8) is 0 Å². The number of nitrogens with zero attached hydrogens (tertiary/aromatic N) is 1. The summed E-state index contributed by atoms with van der Waals surface area (Å²) in [4.78, 5) is 15.0. The van der Waals surface area contributed by atoms with Crippen LogP contribution in [-0.4, -0.2) is 11.0 Å². The summed E-state index contributed by atoms with van der Waals surface area (Å²) in [5.41, 5.74) is 9.33. The van der Waals surface area contributed by atoms with Crippen molar-refractivity contribution in [2.75, 3.05) is 5.32 Å². The average Bonchev–Trinajstić information content (AvgIpc) is 2.40. The topological polar surface area (TPSA) is 68.0 Å². The molecule has 94 valence electrons. The molecule has 2 rings (SSSR count). The van der Waals surface area contributed by atoms with E-state index in [-0.39, 0.29) is 0 Å². The third-order valence-electron chi connectivity index (χ3n) is 2.73. The highest BCUT2D eigenvalue weighted by molar-refractivity contribution is 5.89. The van der Waals surface area contributed by atoms with Crippen LogP contribution in [0.25, 0.3) is 11.1 Å². The minimum absolute atomic E-state index is 0.587. The van der Waals surface area contributed by atoms with Gasteiger partial charge in [0.2, 0.25) is 0 Å². The number of hydrogen-bond donors (Lipinski definition) is 2. The smallest absolute Gasteiger partial charge is 0.316 e. The van der Waals surface area contributed by atoms with Crippen LogP contribution in [-0.2, 0) is 0 Å². The number of carbonyl (C=O) groups is 1. The number of anilines is 1. The van der Waals surface area contributed by atoms with Crippen molar-refractivity contribution >= 4 is 11.7 Å². The Hall–Kier alpha value is -2.80. The Kier molecular flexibility index (Phi) is 3.48. The average molecular weight is 251 g/mol. The van der Waals surface area contributed by atoms with Gasteiger partial charge in [0.05, 0.1) is 0 Å². The lowest BCUT2D eigenvalue weighted by Crippen LogP contribution is -2.19. The Labute approximate surface area is 111 Å². The molecule has 0 saturated heterocycles. The first-order chi connectivity index (χ1) is 9.10. The molecule has 0 aliphatic heterocycles. The minimum atomic E-state index is -0.587. The zero-order chi connectivity index (χ0) is 13.8. The highest BCUT2D eigenvalue weighted by atomic mass is 16.2. The summed E-state index contributed by atoms with van der Waals surface area (Å²) in [6.07, 6.45) is 6.99. The molecule has 2 amide bonds. The van der Waals surface area contributed by atoms with Gasteiger partial charge in [-0.25, -0.2) is 9.78 Å². The van der Waals surface area contributed by atoms with Gasteiger partial charge in [-0.15, -0.1) is 6.42 Å². The Bertz CT molecular complexity index is 654. The number of urea groups is 1. The van der Waals surface area contributed by atoms with Crippen molar-refractivity contribution in [2.24, 2.45) is 5.73 Å². The van der Waals surface area contributed by atoms with Gasteiger partial charge in [-0.05, 0) is 36.2 Å². The van der Waals surface area contributed by atoms with Gasteiger partial charge in [0.25, 0.3) is 0 Å². The molecule has 3 N–H and O–H groups in total. The highest BCUT2D eigenvalue weighted by Crippen LogP contribution is 2.26. The number of rotatable bonds is 2. The van der Waals surface area contributed by atoms with Crippen LogP contribution in [0.4, 0.5) is 10.5 Å². The maximum absolute atomic E-state index is 10.9. The van der Waals surface area contributed by atoms with Gasteiger partial charge in [0.15, 0.2) is 0 Å². The first-order valence-corrected chi connectivity index (χ1v) is 5.70. The Morgan fingerprint density at radius 2 is 2.16 bits per heavy atom. The summed E-state index contributed by atoms with van der Waals surface area (Å²) in [7, 11) is 0. The SMILES string of the molecule is C#Cc1ccc(-c2cc(NC(N)=O)ccc2C)cn1. The van der Waals surface area contributed by atoms with E-state index in [2.05, 4.69) is 16.2 Å². The maximum Gasteiger partial charge on any atom is 0.316 e. The van der Waals surface area contributed by atoms with Gasteiger partial charge in [0, 0.05) is 17.4 Å². The summed E-state index contributed by atoms with van der Waals surface area (Å²) in [5.74, 6) is 2.47. The number of terminal acetylenes is 1. The van der Waals surface area contributed by atoms with Crippen molar-refractivity contribution in [3.8, 4) is 23.5 Å². The van der Waals surface area contributed by atoms with Crippen molar-refractivity contribution in [1.82, 2.24) is 4.98 Å². The van der Waals surface area contributed by atoms with Crippen molar-refractivity contribution in [1.29, 1.82) is 0 Å². The van der Waals surface area contributed by atoms with E-state index in [0.717, 1.165) is 16.7 Å². The molecule has 2 aromatic rings. The molecule has 4 heteroatoms. The molecule has 0 saturated carbocycles. The van der Waals surface area contributed by atoms with Gasteiger partial charge in [-0.1, -0.05) is 18.1 Å². The molecule has 0 unspecified atom stereocenters. The molecule has 19 heavy (non-hydrogen) atoms. The number of aryl methyl sites for hydroxylation is 1. The summed E-state index contributed by atoms with van der Waals surface area (Å²) >= 11 is 0. The Morgan fingerprint density at radius 3 is 2.74 bits per heavy atom. The largest absolute Gasteiger partial charge is 0.351 e. The van der Waals surface area contributed by atoms with E-state index in [0.29, 0.717) is 11.4 Å². The normalized spacial score (nSPS) is 9.68.